The molecule has 208 valence electrons. The van der Waals surface area contributed by atoms with Crippen LogP contribution in [0.15, 0.2) is 30.3 Å². The second-order valence-corrected chi connectivity index (χ2v) is 10.2. The number of likely N-dealkylation sites (tertiary alicyclic amines) is 1. The summed E-state index contributed by atoms with van der Waals surface area (Å²) in [6.07, 6.45) is -0.179. The van der Waals surface area contributed by atoms with Gasteiger partial charge < -0.3 is 24.0 Å². The third-order valence-electron chi connectivity index (χ3n) is 7.56. The van der Waals surface area contributed by atoms with Gasteiger partial charge in [0.05, 0.1) is 43.4 Å². The zero-order valence-electron chi connectivity index (χ0n) is 21.7. The van der Waals surface area contributed by atoms with Gasteiger partial charge >= 0.3 is 0 Å². The molecule has 1 amide bonds. The molecular formula is C27H32F2N6O4. The van der Waals surface area contributed by atoms with Crippen molar-refractivity contribution in [3.8, 4) is 11.7 Å². The summed E-state index contributed by atoms with van der Waals surface area (Å²) in [5.74, 6) is 0.815. The number of hydrogen-bond acceptors (Lipinski definition) is 8. The number of nitrogens with zero attached hydrogens (tertiary/aromatic N) is 6. The van der Waals surface area contributed by atoms with Gasteiger partial charge in [0.25, 0.3) is 6.43 Å². The molecule has 3 aliphatic rings. The highest BCUT2D eigenvalue weighted by Crippen LogP contribution is 2.30. The number of hydrogen-bond donors (Lipinski definition) is 0. The fourth-order valence-corrected chi connectivity index (χ4v) is 5.49. The molecule has 3 fully saturated rings. The number of benzene rings is 1. The Morgan fingerprint density at radius 2 is 1.90 bits per heavy atom. The number of rotatable bonds is 7. The van der Waals surface area contributed by atoms with E-state index in [0.717, 1.165) is 25.9 Å². The number of fused-ring (bicyclic) bond motifs is 1. The lowest BCUT2D eigenvalue weighted by Gasteiger charge is -2.27. The van der Waals surface area contributed by atoms with Gasteiger partial charge in [0, 0.05) is 44.8 Å². The first-order valence-electron chi connectivity index (χ1n) is 13.5. The quantitative estimate of drug-likeness (QED) is 0.449. The lowest BCUT2D eigenvalue weighted by molar-refractivity contribution is -0.138. The number of anilines is 1. The number of halogens is 2. The van der Waals surface area contributed by atoms with Gasteiger partial charge in [-0.15, -0.1) is 0 Å². The lowest BCUT2D eigenvalue weighted by Crippen LogP contribution is -2.38. The zero-order valence-corrected chi connectivity index (χ0v) is 21.7. The Bertz CT molecular complexity index is 1310. The molecule has 3 saturated heterocycles. The predicted molar refractivity (Wildman–Crippen MR) is 138 cm³/mol. The van der Waals surface area contributed by atoms with Gasteiger partial charge in [-0.05, 0) is 31.4 Å². The van der Waals surface area contributed by atoms with E-state index in [9.17, 15) is 13.6 Å². The van der Waals surface area contributed by atoms with Crippen LogP contribution in [-0.4, -0.2) is 89.5 Å². The Labute approximate surface area is 224 Å². The van der Waals surface area contributed by atoms with Gasteiger partial charge in [-0.3, -0.25) is 9.36 Å². The molecule has 0 bridgehead atoms. The molecule has 0 radical (unpaired) electrons. The first-order valence-corrected chi connectivity index (χ1v) is 13.5. The smallest absolute Gasteiger partial charge is 0.296 e. The van der Waals surface area contributed by atoms with Gasteiger partial charge in [-0.2, -0.15) is 9.97 Å². The van der Waals surface area contributed by atoms with Crippen LogP contribution in [0.2, 0.25) is 0 Å². The van der Waals surface area contributed by atoms with E-state index < -0.39 is 6.43 Å². The van der Waals surface area contributed by atoms with E-state index in [4.69, 9.17) is 14.2 Å². The number of aromatic nitrogens is 4. The van der Waals surface area contributed by atoms with Crippen molar-refractivity contribution in [1.82, 2.24) is 24.4 Å². The SMILES string of the molecule is O=C(C1CCCOC1)N1CC[C@H](COc2cc(-n3c(C(F)F)nc4ccccc43)nc(N3CCOCC3)n2)C1. The third kappa shape index (κ3) is 5.53. The van der Waals surface area contributed by atoms with Crippen molar-refractivity contribution in [2.75, 3.05) is 64.1 Å². The fraction of sp³-hybridized carbons (Fsp3) is 0.556. The van der Waals surface area contributed by atoms with Crippen LogP contribution in [0.1, 0.15) is 31.5 Å². The van der Waals surface area contributed by atoms with E-state index in [1.54, 1.807) is 30.3 Å². The van der Waals surface area contributed by atoms with Crippen molar-refractivity contribution in [2.24, 2.45) is 11.8 Å². The average molecular weight is 543 g/mol. The predicted octanol–water partition coefficient (Wildman–Crippen LogP) is 3.24. The van der Waals surface area contributed by atoms with E-state index in [2.05, 4.69) is 15.0 Å². The Kier molecular flexibility index (Phi) is 7.55. The number of carbonyl (C=O) groups is 1. The number of morpholine rings is 1. The van der Waals surface area contributed by atoms with Gasteiger partial charge in [0.15, 0.2) is 5.82 Å². The third-order valence-corrected chi connectivity index (χ3v) is 7.56. The Balaban J connectivity index is 1.24. The normalized spacial score (nSPS) is 22.1. The summed E-state index contributed by atoms with van der Waals surface area (Å²) < 4.78 is 46.6. The summed E-state index contributed by atoms with van der Waals surface area (Å²) in [5.41, 5.74) is 0.989. The summed E-state index contributed by atoms with van der Waals surface area (Å²) >= 11 is 0. The number of alkyl halides is 2. The van der Waals surface area contributed by atoms with Crippen LogP contribution in [0.3, 0.4) is 0 Å². The molecule has 2 aromatic heterocycles. The molecule has 3 aromatic rings. The molecular weight excluding hydrogens is 510 g/mol. The second kappa shape index (κ2) is 11.4. The molecule has 39 heavy (non-hydrogen) atoms. The summed E-state index contributed by atoms with van der Waals surface area (Å²) in [6, 6.07) is 8.57. The minimum atomic E-state index is -2.79. The number of ether oxygens (including phenoxy) is 3. The highest BCUT2D eigenvalue weighted by atomic mass is 19.3. The number of imidazole rings is 1. The molecule has 12 heteroatoms. The molecule has 2 atom stereocenters. The fourth-order valence-electron chi connectivity index (χ4n) is 5.49. The molecule has 0 aliphatic carbocycles. The number of carbonyl (C=O) groups excluding carboxylic acids is 1. The van der Waals surface area contributed by atoms with Crippen LogP contribution >= 0.6 is 0 Å². The van der Waals surface area contributed by atoms with E-state index >= 15 is 0 Å². The highest BCUT2D eigenvalue weighted by Gasteiger charge is 2.32. The first kappa shape index (κ1) is 25.9. The van der Waals surface area contributed by atoms with E-state index in [1.165, 1.54) is 4.57 Å². The maximum Gasteiger partial charge on any atom is 0.296 e. The van der Waals surface area contributed by atoms with Gasteiger partial charge in [-0.1, -0.05) is 12.1 Å². The second-order valence-electron chi connectivity index (χ2n) is 10.2. The molecule has 5 heterocycles. The maximum absolute atomic E-state index is 14.1. The van der Waals surface area contributed by atoms with Crippen molar-refractivity contribution in [2.45, 2.75) is 25.7 Å². The highest BCUT2D eigenvalue weighted by molar-refractivity contribution is 5.79. The molecule has 10 nitrogen and oxygen atoms in total. The monoisotopic (exact) mass is 542 g/mol. The molecule has 3 aliphatic heterocycles. The maximum atomic E-state index is 14.1. The van der Waals surface area contributed by atoms with Gasteiger partial charge in [-0.25, -0.2) is 13.8 Å². The van der Waals surface area contributed by atoms with Crippen LogP contribution in [0.25, 0.3) is 16.9 Å². The minimum absolute atomic E-state index is 0.0621. The molecule has 1 unspecified atom stereocenters. The Hall–Kier alpha value is -3.38. The average Bonchev–Trinajstić information content (AvgIpc) is 3.62. The summed E-state index contributed by atoms with van der Waals surface area (Å²) in [5, 5.41) is 0. The van der Waals surface area contributed by atoms with Gasteiger partial charge in [0.2, 0.25) is 17.7 Å². The van der Waals surface area contributed by atoms with Crippen LogP contribution in [-0.2, 0) is 14.3 Å². The van der Waals surface area contributed by atoms with Crippen molar-refractivity contribution >= 4 is 22.9 Å². The van der Waals surface area contributed by atoms with Crippen molar-refractivity contribution in [3.05, 3.63) is 36.2 Å². The summed E-state index contributed by atoms with van der Waals surface area (Å²) in [6.45, 7) is 5.10. The molecule has 6 rings (SSSR count). The molecule has 0 N–H and O–H groups in total. The minimum Gasteiger partial charge on any atom is -0.477 e. The largest absolute Gasteiger partial charge is 0.477 e. The Morgan fingerprint density at radius 1 is 1.05 bits per heavy atom. The van der Waals surface area contributed by atoms with Crippen molar-refractivity contribution < 1.29 is 27.8 Å². The summed E-state index contributed by atoms with van der Waals surface area (Å²) in [7, 11) is 0. The standard InChI is InChI=1S/C27H32F2N6O4/c28-24(29)25-30-20-5-1-2-6-21(20)35(25)22-14-23(32-27(31-22)33-9-12-37-13-10-33)39-16-18-7-8-34(15-18)26(36)19-4-3-11-38-17-19/h1-2,5-6,14,18-19,24H,3-4,7-13,15-17H2/t18-,19?/m0/s1. The summed E-state index contributed by atoms with van der Waals surface area (Å²) in [4.78, 5) is 30.2. The number of amides is 1. The van der Waals surface area contributed by atoms with Crippen LogP contribution in [0.4, 0.5) is 14.7 Å². The van der Waals surface area contributed by atoms with E-state index in [-0.39, 0.29) is 29.4 Å². The molecule has 0 spiro atoms. The van der Waals surface area contributed by atoms with Gasteiger partial charge in [0.1, 0.15) is 5.82 Å². The first-order chi connectivity index (χ1) is 19.1. The zero-order chi connectivity index (χ0) is 26.8. The molecule has 1 aromatic carbocycles. The van der Waals surface area contributed by atoms with Crippen LogP contribution in [0, 0.1) is 11.8 Å². The van der Waals surface area contributed by atoms with Crippen LogP contribution < -0.4 is 9.64 Å². The topological polar surface area (TPSA) is 94.8 Å². The van der Waals surface area contributed by atoms with E-state index in [1.807, 2.05) is 9.80 Å². The van der Waals surface area contributed by atoms with Crippen molar-refractivity contribution in [3.63, 3.8) is 0 Å². The Morgan fingerprint density at radius 3 is 2.69 bits per heavy atom. The molecule has 0 saturated carbocycles. The van der Waals surface area contributed by atoms with Crippen molar-refractivity contribution in [1.29, 1.82) is 0 Å². The number of para-hydroxylation sites is 2. The lowest BCUT2D eigenvalue weighted by atomic mass is 10.0. The van der Waals surface area contributed by atoms with Crippen LogP contribution in [0.5, 0.6) is 5.88 Å². The van der Waals surface area contributed by atoms with E-state index in [0.29, 0.717) is 75.5 Å².